The molecule has 0 heterocycles. The fourth-order valence-corrected chi connectivity index (χ4v) is 3.50. The third-order valence-corrected chi connectivity index (χ3v) is 4.65. The second-order valence-electron chi connectivity index (χ2n) is 5.03. The highest BCUT2D eigenvalue weighted by atomic mass is 79.9. The molecule has 0 aliphatic rings. The van der Waals surface area contributed by atoms with Gasteiger partial charge in [-0.05, 0) is 63.0 Å². The zero-order valence-corrected chi connectivity index (χ0v) is 16.6. The van der Waals surface area contributed by atoms with Gasteiger partial charge < -0.3 is 10.0 Å². The third-order valence-electron chi connectivity index (χ3n) is 3.44. The molecule has 9 heteroatoms. The highest BCUT2D eigenvalue weighted by molar-refractivity contribution is 9.11. The van der Waals surface area contributed by atoms with Gasteiger partial charge in [-0.15, -0.1) is 5.11 Å². The molecule has 0 amide bonds. The molecule has 1 N–H and O–H groups in total. The number of aliphatic hydroxyl groups is 1. The van der Waals surface area contributed by atoms with E-state index in [9.17, 15) is 10.1 Å². The Hall–Kier alpha value is -1.84. The summed E-state index contributed by atoms with van der Waals surface area (Å²) in [6.45, 7) is 3.48. The number of nitro groups is 1. The molecular weight excluding hydrogens is 456 g/mol. The van der Waals surface area contributed by atoms with Crippen LogP contribution >= 0.6 is 31.9 Å². The minimum atomic E-state index is -0.471. The molecule has 0 aliphatic heterocycles. The number of benzene rings is 2. The molecule has 2 aromatic rings. The molecule has 0 saturated heterocycles. The van der Waals surface area contributed by atoms with E-state index in [1.165, 1.54) is 12.1 Å². The lowest BCUT2D eigenvalue weighted by atomic mass is 10.2. The van der Waals surface area contributed by atoms with Crippen molar-refractivity contribution in [3.63, 3.8) is 0 Å². The Morgan fingerprint density at radius 3 is 2.24 bits per heavy atom. The quantitative estimate of drug-likeness (QED) is 0.334. The second kappa shape index (κ2) is 9.02. The van der Waals surface area contributed by atoms with E-state index >= 15 is 0 Å². The Bertz CT molecular complexity index is 758. The van der Waals surface area contributed by atoms with Crippen molar-refractivity contribution in [2.45, 2.75) is 6.92 Å². The van der Waals surface area contributed by atoms with Gasteiger partial charge in [0.1, 0.15) is 5.69 Å². The smallest absolute Gasteiger partial charge is 0.271 e. The molecule has 0 radical (unpaired) electrons. The van der Waals surface area contributed by atoms with E-state index in [0.717, 1.165) is 12.2 Å². The molecule has 25 heavy (non-hydrogen) atoms. The number of rotatable bonds is 7. The lowest BCUT2D eigenvalue weighted by Crippen LogP contribution is -2.25. The van der Waals surface area contributed by atoms with Gasteiger partial charge in [-0.1, -0.05) is 0 Å². The molecule has 7 nitrogen and oxygen atoms in total. The molecule has 0 bridgehead atoms. The third kappa shape index (κ3) is 5.07. The fraction of sp³-hybridized carbons (Fsp3) is 0.250. The summed E-state index contributed by atoms with van der Waals surface area (Å²) in [5, 5.41) is 28.3. The summed E-state index contributed by atoms with van der Waals surface area (Å²) in [5.74, 6) is 0. The van der Waals surface area contributed by atoms with E-state index in [2.05, 4.69) is 42.1 Å². The van der Waals surface area contributed by atoms with Gasteiger partial charge in [-0.2, -0.15) is 5.11 Å². The van der Waals surface area contributed by atoms with Crippen molar-refractivity contribution in [1.82, 2.24) is 0 Å². The molecular formula is C16H16Br2N4O3. The summed E-state index contributed by atoms with van der Waals surface area (Å²) in [7, 11) is 0. The van der Waals surface area contributed by atoms with Crippen LogP contribution in [0.3, 0.4) is 0 Å². The lowest BCUT2D eigenvalue weighted by Gasteiger charge is -2.21. The van der Waals surface area contributed by atoms with Crippen molar-refractivity contribution in [1.29, 1.82) is 0 Å². The summed E-state index contributed by atoms with van der Waals surface area (Å²) < 4.78 is 0.961. The van der Waals surface area contributed by atoms with Crippen LogP contribution in [-0.2, 0) is 0 Å². The molecule has 0 fully saturated rings. The van der Waals surface area contributed by atoms with Crippen molar-refractivity contribution < 1.29 is 10.0 Å². The van der Waals surface area contributed by atoms with Crippen LogP contribution in [0.1, 0.15) is 6.92 Å². The van der Waals surface area contributed by atoms with Gasteiger partial charge in [0.05, 0.1) is 26.2 Å². The monoisotopic (exact) mass is 470 g/mol. The molecule has 2 aromatic carbocycles. The Balaban J connectivity index is 2.21. The molecule has 132 valence electrons. The van der Waals surface area contributed by atoms with Crippen LogP contribution in [0.4, 0.5) is 22.7 Å². The highest BCUT2D eigenvalue weighted by Gasteiger charge is 2.13. The van der Waals surface area contributed by atoms with Crippen molar-refractivity contribution in [3.8, 4) is 0 Å². The van der Waals surface area contributed by atoms with E-state index in [4.69, 9.17) is 5.11 Å². The van der Waals surface area contributed by atoms with Crippen molar-refractivity contribution in [2.75, 3.05) is 24.6 Å². The number of likely N-dealkylation sites (N-methyl/N-ethyl adjacent to an activating group) is 1. The second-order valence-corrected chi connectivity index (χ2v) is 6.74. The first-order valence-corrected chi connectivity index (χ1v) is 9.06. The Labute approximate surface area is 161 Å². The SMILES string of the molecule is CCN(CCO)c1ccc(N=Nc2c(Br)cc([N+](=O)[O-])cc2Br)cc1. The topological polar surface area (TPSA) is 91.3 Å². The van der Waals surface area contributed by atoms with E-state index in [1.807, 2.05) is 36.1 Å². The summed E-state index contributed by atoms with van der Waals surface area (Å²) in [6.07, 6.45) is 0. The normalized spacial score (nSPS) is 11.0. The lowest BCUT2D eigenvalue weighted by molar-refractivity contribution is -0.385. The molecule has 2 rings (SSSR count). The summed E-state index contributed by atoms with van der Waals surface area (Å²) in [4.78, 5) is 12.4. The minimum absolute atomic E-state index is 0.0365. The van der Waals surface area contributed by atoms with Crippen LogP contribution in [0.5, 0.6) is 0 Å². The van der Waals surface area contributed by atoms with Gasteiger partial charge in [0, 0.05) is 30.9 Å². The molecule has 0 saturated carbocycles. The predicted molar refractivity (Wildman–Crippen MR) is 104 cm³/mol. The number of halogens is 2. The van der Waals surface area contributed by atoms with E-state index in [-0.39, 0.29) is 12.3 Å². The number of hydrogen-bond donors (Lipinski definition) is 1. The fourth-order valence-electron chi connectivity index (χ4n) is 2.18. The van der Waals surface area contributed by atoms with E-state index < -0.39 is 4.92 Å². The predicted octanol–water partition coefficient (Wildman–Crippen LogP) is 5.35. The molecule has 0 unspecified atom stereocenters. The first-order valence-electron chi connectivity index (χ1n) is 7.47. The maximum Gasteiger partial charge on any atom is 0.271 e. The number of nitro benzene ring substituents is 1. The number of azo groups is 1. The van der Waals surface area contributed by atoms with Crippen molar-refractivity contribution >= 4 is 54.6 Å². The van der Waals surface area contributed by atoms with Crippen LogP contribution in [0, 0.1) is 10.1 Å². The number of anilines is 1. The first kappa shape index (κ1) is 19.5. The Morgan fingerprint density at radius 1 is 1.16 bits per heavy atom. The van der Waals surface area contributed by atoms with Gasteiger partial charge >= 0.3 is 0 Å². The maximum atomic E-state index is 10.8. The van der Waals surface area contributed by atoms with Gasteiger partial charge in [-0.25, -0.2) is 0 Å². The zero-order chi connectivity index (χ0) is 18.4. The number of non-ortho nitro benzene ring substituents is 1. The Kier molecular flexibility index (Phi) is 7.03. The molecule has 0 atom stereocenters. The van der Waals surface area contributed by atoms with Crippen LogP contribution in [0.15, 0.2) is 55.6 Å². The van der Waals surface area contributed by atoms with Gasteiger partial charge in [0.2, 0.25) is 0 Å². The van der Waals surface area contributed by atoms with Crippen molar-refractivity contribution in [2.24, 2.45) is 10.2 Å². The maximum absolute atomic E-state index is 10.8. The van der Waals surface area contributed by atoms with E-state index in [0.29, 0.717) is 26.9 Å². The van der Waals surface area contributed by atoms with Gasteiger partial charge in [0.15, 0.2) is 0 Å². The summed E-state index contributed by atoms with van der Waals surface area (Å²) in [6, 6.07) is 10.2. The standard InChI is InChI=1S/C16H16Br2N4O3/c1-2-21(7-8-23)12-5-3-11(4-6-12)19-20-16-14(17)9-13(22(24)25)10-15(16)18/h3-6,9-10,23H,2,7-8H2,1H3. The van der Waals surface area contributed by atoms with Gasteiger partial charge in [-0.3, -0.25) is 10.1 Å². The molecule has 0 spiro atoms. The van der Waals surface area contributed by atoms with E-state index in [1.54, 1.807) is 0 Å². The van der Waals surface area contributed by atoms with Crippen molar-refractivity contribution in [3.05, 3.63) is 55.5 Å². The van der Waals surface area contributed by atoms with Gasteiger partial charge in [0.25, 0.3) is 5.69 Å². The van der Waals surface area contributed by atoms with Crippen LogP contribution < -0.4 is 4.90 Å². The largest absolute Gasteiger partial charge is 0.395 e. The molecule has 0 aliphatic carbocycles. The minimum Gasteiger partial charge on any atom is -0.395 e. The average Bonchev–Trinajstić information content (AvgIpc) is 2.59. The number of aliphatic hydroxyl groups excluding tert-OH is 1. The summed E-state index contributed by atoms with van der Waals surface area (Å²) in [5.41, 5.74) is 2.09. The average molecular weight is 472 g/mol. The zero-order valence-electron chi connectivity index (χ0n) is 13.4. The first-order chi connectivity index (χ1) is 12.0. The van der Waals surface area contributed by atoms with Crippen LogP contribution in [-0.4, -0.2) is 29.7 Å². The number of hydrogen-bond acceptors (Lipinski definition) is 6. The summed E-state index contributed by atoms with van der Waals surface area (Å²) >= 11 is 6.56. The highest BCUT2D eigenvalue weighted by Crippen LogP contribution is 2.38. The van der Waals surface area contributed by atoms with Crippen LogP contribution in [0.25, 0.3) is 0 Å². The Morgan fingerprint density at radius 2 is 1.76 bits per heavy atom. The number of nitrogens with zero attached hydrogens (tertiary/aromatic N) is 4. The van der Waals surface area contributed by atoms with Crippen LogP contribution in [0.2, 0.25) is 0 Å². The molecule has 0 aromatic heterocycles.